The van der Waals surface area contributed by atoms with Crippen LogP contribution in [0.25, 0.3) is 22.2 Å². The Labute approximate surface area is 182 Å². The molecule has 158 valence electrons. The van der Waals surface area contributed by atoms with Crippen LogP contribution in [0.3, 0.4) is 0 Å². The number of piperazine rings is 1. The Balaban J connectivity index is 1.53. The summed E-state index contributed by atoms with van der Waals surface area (Å²) in [5, 5.41) is 11.9. The summed E-state index contributed by atoms with van der Waals surface area (Å²) < 4.78 is 0. The molecule has 1 saturated heterocycles. The van der Waals surface area contributed by atoms with Crippen molar-refractivity contribution in [3.05, 3.63) is 66.0 Å². The zero-order valence-electron chi connectivity index (χ0n) is 18.0. The summed E-state index contributed by atoms with van der Waals surface area (Å²) in [6.07, 6.45) is 1.89. The van der Waals surface area contributed by atoms with E-state index in [2.05, 4.69) is 68.8 Å². The van der Waals surface area contributed by atoms with Gasteiger partial charge in [-0.1, -0.05) is 36.4 Å². The van der Waals surface area contributed by atoms with E-state index in [4.69, 9.17) is 9.97 Å². The van der Waals surface area contributed by atoms with Crippen LogP contribution in [-0.4, -0.2) is 53.4 Å². The molecule has 1 fully saturated rings. The summed E-state index contributed by atoms with van der Waals surface area (Å²) in [6.45, 7) is 6.57. The third-order valence-corrected chi connectivity index (χ3v) is 5.82. The van der Waals surface area contributed by atoms with Crippen LogP contribution in [-0.2, 0) is 6.54 Å². The molecule has 0 spiro atoms. The SMILES string of the molecule is Cc1[nH]nc2ccc(-c3cnc(N(C)Cc4ccccc4)c(N4CCNCC4)n3)cc12. The number of aromatic amines is 1. The summed E-state index contributed by atoms with van der Waals surface area (Å²) >= 11 is 0. The van der Waals surface area contributed by atoms with Gasteiger partial charge in [0.2, 0.25) is 0 Å². The largest absolute Gasteiger partial charge is 0.352 e. The lowest BCUT2D eigenvalue weighted by molar-refractivity contribution is 0.584. The quantitative estimate of drug-likeness (QED) is 0.523. The first kappa shape index (κ1) is 19.5. The van der Waals surface area contributed by atoms with Gasteiger partial charge >= 0.3 is 0 Å². The lowest BCUT2D eigenvalue weighted by atomic mass is 10.1. The third kappa shape index (κ3) is 3.96. The summed E-state index contributed by atoms with van der Waals surface area (Å²) in [6, 6.07) is 16.7. The number of nitrogens with one attached hydrogen (secondary N) is 2. The molecular weight excluding hydrogens is 386 g/mol. The van der Waals surface area contributed by atoms with Gasteiger partial charge in [-0.15, -0.1) is 0 Å². The Kier molecular flexibility index (Phi) is 5.26. The number of aryl methyl sites for hydroxylation is 1. The monoisotopic (exact) mass is 413 g/mol. The Morgan fingerprint density at radius 1 is 1.06 bits per heavy atom. The van der Waals surface area contributed by atoms with E-state index < -0.39 is 0 Å². The topological polar surface area (TPSA) is 73.0 Å². The van der Waals surface area contributed by atoms with Crippen LogP contribution in [0.4, 0.5) is 11.6 Å². The van der Waals surface area contributed by atoms with E-state index in [0.29, 0.717) is 0 Å². The maximum atomic E-state index is 5.11. The molecule has 1 aliphatic rings. The van der Waals surface area contributed by atoms with Crippen LogP contribution < -0.4 is 15.1 Å². The molecule has 7 nitrogen and oxygen atoms in total. The number of anilines is 2. The molecule has 0 atom stereocenters. The number of hydrogen-bond acceptors (Lipinski definition) is 6. The summed E-state index contributed by atoms with van der Waals surface area (Å²) in [5.74, 6) is 1.86. The number of benzene rings is 2. The van der Waals surface area contributed by atoms with Gasteiger partial charge in [0.25, 0.3) is 0 Å². The number of aromatic nitrogens is 4. The average molecular weight is 414 g/mol. The fourth-order valence-electron chi connectivity index (χ4n) is 4.10. The molecule has 2 aromatic heterocycles. The Morgan fingerprint density at radius 2 is 1.87 bits per heavy atom. The highest BCUT2D eigenvalue weighted by molar-refractivity contribution is 5.86. The van der Waals surface area contributed by atoms with Gasteiger partial charge in [0.1, 0.15) is 0 Å². The predicted molar refractivity (Wildman–Crippen MR) is 125 cm³/mol. The van der Waals surface area contributed by atoms with Crippen molar-refractivity contribution in [2.45, 2.75) is 13.5 Å². The van der Waals surface area contributed by atoms with Crippen molar-refractivity contribution < 1.29 is 0 Å². The first-order valence-corrected chi connectivity index (χ1v) is 10.7. The molecule has 4 aromatic rings. The van der Waals surface area contributed by atoms with Crippen LogP contribution in [0.15, 0.2) is 54.7 Å². The highest BCUT2D eigenvalue weighted by Gasteiger charge is 2.21. The fraction of sp³-hybridized carbons (Fsp3) is 0.292. The number of fused-ring (bicyclic) bond motifs is 1. The lowest BCUT2D eigenvalue weighted by Crippen LogP contribution is -2.44. The number of hydrogen-bond donors (Lipinski definition) is 2. The van der Waals surface area contributed by atoms with Crippen LogP contribution in [0.2, 0.25) is 0 Å². The van der Waals surface area contributed by atoms with Crippen LogP contribution in [0.5, 0.6) is 0 Å². The van der Waals surface area contributed by atoms with Crippen molar-refractivity contribution in [3.63, 3.8) is 0 Å². The van der Waals surface area contributed by atoms with E-state index in [9.17, 15) is 0 Å². The van der Waals surface area contributed by atoms with Gasteiger partial charge in [-0.25, -0.2) is 9.97 Å². The number of H-pyrrole nitrogens is 1. The Hall–Kier alpha value is -3.45. The molecule has 31 heavy (non-hydrogen) atoms. The third-order valence-electron chi connectivity index (χ3n) is 5.82. The average Bonchev–Trinajstić information content (AvgIpc) is 3.20. The fourth-order valence-corrected chi connectivity index (χ4v) is 4.10. The van der Waals surface area contributed by atoms with Gasteiger partial charge < -0.3 is 15.1 Å². The molecule has 0 saturated carbocycles. The first-order chi connectivity index (χ1) is 15.2. The molecule has 0 amide bonds. The van der Waals surface area contributed by atoms with Crippen LogP contribution >= 0.6 is 0 Å². The van der Waals surface area contributed by atoms with Crippen LogP contribution in [0.1, 0.15) is 11.3 Å². The Morgan fingerprint density at radius 3 is 2.68 bits per heavy atom. The van der Waals surface area contributed by atoms with Gasteiger partial charge in [0, 0.05) is 56.4 Å². The van der Waals surface area contributed by atoms with Gasteiger partial charge in [-0.2, -0.15) is 5.10 Å². The molecule has 0 bridgehead atoms. The minimum absolute atomic E-state index is 0.786. The molecule has 0 unspecified atom stereocenters. The van der Waals surface area contributed by atoms with E-state index in [-0.39, 0.29) is 0 Å². The van der Waals surface area contributed by atoms with E-state index in [0.717, 1.165) is 72.2 Å². The Bertz CT molecular complexity index is 1180. The van der Waals surface area contributed by atoms with Crippen molar-refractivity contribution in [1.29, 1.82) is 0 Å². The normalized spacial score (nSPS) is 14.2. The lowest BCUT2D eigenvalue weighted by Gasteiger charge is -2.32. The maximum absolute atomic E-state index is 5.11. The molecule has 5 rings (SSSR count). The van der Waals surface area contributed by atoms with Crippen molar-refractivity contribution in [1.82, 2.24) is 25.5 Å². The second-order valence-electron chi connectivity index (χ2n) is 8.06. The van der Waals surface area contributed by atoms with Crippen molar-refractivity contribution in [2.75, 3.05) is 43.0 Å². The molecule has 0 radical (unpaired) electrons. The second-order valence-corrected chi connectivity index (χ2v) is 8.06. The standard InChI is InChI=1S/C24H27N7/c1-17-20-14-19(8-9-21(20)29-28-17)22-15-26-23(24(27-22)31-12-10-25-11-13-31)30(2)16-18-6-4-3-5-7-18/h3-9,14-15,25H,10-13,16H2,1-2H3,(H,28,29). The van der Waals surface area contributed by atoms with E-state index in [1.165, 1.54) is 5.56 Å². The van der Waals surface area contributed by atoms with E-state index in [1.807, 2.05) is 25.3 Å². The number of nitrogens with zero attached hydrogens (tertiary/aromatic N) is 5. The molecule has 3 heterocycles. The molecule has 2 aromatic carbocycles. The van der Waals surface area contributed by atoms with Crippen molar-refractivity contribution >= 4 is 22.5 Å². The van der Waals surface area contributed by atoms with Gasteiger partial charge in [-0.05, 0) is 24.6 Å². The van der Waals surface area contributed by atoms with Gasteiger partial charge in [-0.3, -0.25) is 5.10 Å². The zero-order chi connectivity index (χ0) is 21.2. The molecule has 0 aliphatic carbocycles. The highest BCUT2D eigenvalue weighted by Crippen LogP contribution is 2.30. The summed E-state index contributed by atoms with van der Waals surface area (Å²) in [5.41, 5.74) is 5.22. The molecule has 7 heteroatoms. The van der Waals surface area contributed by atoms with Gasteiger partial charge in [0.05, 0.1) is 17.4 Å². The minimum Gasteiger partial charge on any atom is -0.352 e. The number of rotatable bonds is 5. The van der Waals surface area contributed by atoms with Crippen LogP contribution in [0, 0.1) is 6.92 Å². The predicted octanol–water partition coefficient (Wildman–Crippen LogP) is 3.37. The molecular formula is C24H27N7. The van der Waals surface area contributed by atoms with E-state index >= 15 is 0 Å². The second kappa shape index (κ2) is 8.35. The first-order valence-electron chi connectivity index (χ1n) is 10.7. The molecule has 1 aliphatic heterocycles. The van der Waals surface area contributed by atoms with Crippen molar-refractivity contribution in [2.24, 2.45) is 0 Å². The summed E-state index contributed by atoms with van der Waals surface area (Å²) in [4.78, 5) is 14.5. The summed E-state index contributed by atoms with van der Waals surface area (Å²) in [7, 11) is 2.09. The maximum Gasteiger partial charge on any atom is 0.172 e. The van der Waals surface area contributed by atoms with Crippen molar-refractivity contribution in [3.8, 4) is 11.3 Å². The van der Waals surface area contributed by atoms with Gasteiger partial charge in [0.15, 0.2) is 11.6 Å². The van der Waals surface area contributed by atoms with E-state index in [1.54, 1.807) is 0 Å². The smallest absolute Gasteiger partial charge is 0.172 e. The minimum atomic E-state index is 0.786. The zero-order valence-corrected chi connectivity index (χ0v) is 18.0. The highest BCUT2D eigenvalue weighted by atomic mass is 15.3. The molecule has 2 N–H and O–H groups in total.